The van der Waals surface area contributed by atoms with E-state index >= 15 is 0 Å². The molecular formula is C24H26N2O2. The van der Waals surface area contributed by atoms with Crippen LogP contribution in [-0.4, -0.2) is 30.1 Å². The molecular weight excluding hydrogens is 348 g/mol. The molecule has 1 amide bonds. The molecule has 4 heteroatoms. The topological polar surface area (TPSA) is 45.3 Å². The van der Waals surface area contributed by atoms with E-state index < -0.39 is 0 Å². The number of carbonyl (C=O) groups excluding carboxylic acids is 1. The molecule has 1 aliphatic heterocycles. The third-order valence-electron chi connectivity index (χ3n) is 6.55. The van der Waals surface area contributed by atoms with Crippen molar-refractivity contribution in [3.05, 3.63) is 65.9 Å². The summed E-state index contributed by atoms with van der Waals surface area (Å²) in [5.41, 5.74) is 4.05. The van der Waals surface area contributed by atoms with E-state index in [-0.39, 0.29) is 11.5 Å². The van der Waals surface area contributed by atoms with E-state index in [1.54, 1.807) is 4.90 Å². The number of hydrogen-bond donors (Lipinski definition) is 1. The van der Waals surface area contributed by atoms with Gasteiger partial charge in [-0.1, -0.05) is 24.3 Å². The van der Waals surface area contributed by atoms with Crippen LogP contribution in [0.25, 0.3) is 10.9 Å². The van der Waals surface area contributed by atoms with Crippen molar-refractivity contribution in [1.82, 2.24) is 4.98 Å². The molecule has 1 aliphatic carbocycles. The molecule has 144 valence electrons. The minimum Gasteiger partial charge on any atom is -0.375 e. The number of fused-ring (bicyclic) bond motifs is 1. The van der Waals surface area contributed by atoms with Gasteiger partial charge in [0, 0.05) is 30.2 Å². The summed E-state index contributed by atoms with van der Waals surface area (Å²) >= 11 is 0. The number of carbonyl (C=O) groups is 1. The van der Waals surface area contributed by atoms with E-state index in [1.165, 1.54) is 24.8 Å². The van der Waals surface area contributed by atoms with E-state index in [2.05, 4.69) is 23.2 Å². The van der Waals surface area contributed by atoms with Crippen LogP contribution in [0.15, 0.2) is 54.6 Å². The second-order valence-electron chi connectivity index (χ2n) is 8.30. The number of rotatable bonds is 3. The minimum absolute atomic E-state index is 0.0246. The molecule has 2 heterocycles. The molecule has 2 fully saturated rings. The van der Waals surface area contributed by atoms with Crippen molar-refractivity contribution in [2.45, 2.75) is 43.6 Å². The fourth-order valence-electron chi connectivity index (χ4n) is 4.70. The first kappa shape index (κ1) is 17.5. The highest BCUT2D eigenvalue weighted by Gasteiger charge is 2.42. The Hall–Kier alpha value is -2.59. The monoisotopic (exact) mass is 374 g/mol. The molecule has 1 atom stereocenters. The molecule has 1 N–H and O–H groups in total. The molecule has 1 aromatic heterocycles. The maximum atomic E-state index is 12.9. The largest absolute Gasteiger partial charge is 0.375 e. The second kappa shape index (κ2) is 6.78. The van der Waals surface area contributed by atoms with Gasteiger partial charge in [-0.25, -0.2) is 0 Å². The fourth-order valence-corrected chi connectivity index (χ4v) is 4.70. The third-order valence-corrected chi connectivity index (χ3v) is 6.55. The maximum Gasteiger partial charge on any atom is 0.274 e. The van der Waals surface area contributed by atoms with Crippen molar-refractivity contribution < 1.29 is 9.53 Å². The summed E-state index contributed by atoms with van der Waals surface area (Å²) in [4.78, 5) is 17.9. The SMILES string of the molecule is CN(C(=O)c1cc2cc(C3CCOC4(CCC4)C3)ccc2[nH]1)c1ccccc1. The number of ether oxygens (including phenoxy) is 1. The number of nitrogens with zero attached hydrogens (tertiary/aromatic N) is 1. The predicted octanol–water partition coefficient (Wildman–Crippen LogP) is 5.26. The highest BCUT2D eigenvalue weighted by atomic mass is 16.5. The standard InChI is InChI=1S/C24H26N2O2/c1-26(20-6-3-2-4-7-20)23(27)22-15-19-14-17(8-9-21(19)25-22)18-10-13-28-24(16-18)11-5-12-24/h2-4,6-9,14-15,18,25H,5,10-13,16H2,1H3. The van der Waals surface area contributed by atoms with Crippen molar-refractivity contribution in [2.75, 3.05) is 18.6 Å². The summed E-state index contributed by atoms with van der Waals surface area (Å²) in [6, 6.07) is 18.3. The van der Waals surface area contributed by atoms with E-state index in [0.29, 0.717) is 11.6 Å². The van der Waals surface area contributed by atoms with Gasteiger partial charge in [0.2, 0.25) is 0 Å². The van der Waals surface area contributed by atoms with Gasteiger partial charge in [-0.3, -0.25) is 4.79 Å². The number of aromatic nitrogens is 1. The summed E-state index contributed by atoms with van der Waals surface area (Å²) in [5.74, 6) is 0.530. The average Bonchev–Trinajstić information content (AvgIpc) is 3.15. The zero-order valence-corrected chi connectivity index (χ0v) is 16.3. The molecule has 3 aromatic rings. The number of benzene rings is 2. The summed E-state index contributed by atoms with van der Waals surface area (Å²) in [7, 11) is 1.81. The molecule has 1 saturated carbocycles. The lowest BCUT2D eigenvalue weighted by molar-refractivity contribution is -0.133. The number of amides is 1. The normalized spacial score (nSPS) is 20.8. The van der Waals surface area contributed by atoms with Crippen LogP contribution in [0, 0.1) is 0 Å². The summed E-state index contributed by atoms with van der Waals surface area (Å²) in [6.07, 6.45) is 5.93. The maximum absolute atomic E-state index is 12.9. The Morgan fingerprint density at radius 2 is 1.96 bits per heavy atom. The van der Waals surface area contributed by atoms with Gasteiger partial charge in [0.05, 0.1) is 5.60 Å². The molecule has 5 rings (SSSR count). The molecule has 2 aliphatic rings. The number of H-pyrrole nitrogens is 1. The second-order valence-corrected chi connectivity index (χ2v) is 8.30. The van der Waals surface area contributed by atoms with Gasteiger partial charge in [-0.15, -0.1) is 0 Å². The van der Waals surface area contributed by atoms with Crippen LogP contribution in [0.1, 0.15) is 54.1 Å². The molecule has 4 nitrogen and oxygen atoms in total. The van der Waals surface area contributed by atoms with Crippen LogP contribution < -0.4 is 4.90 Å². The molecule has 1 spiro atoms. The van der Waals surface area contributed by atoms with Gasteiger partial charge in [0.25, 0.3) is 5.91 Å². The number of para-hydroxylation sites is 1. The van der Waals surface area contributed by atoms with Crippen LogP contribution in [0.3, 0.4) is 0 Å². The zero-order valence-electron chi connectivity index (χ0n) is 16.3. The quantitative estimate of drug-likeness (QED) is 0.679. The van der Waals surface area contributed by atoms with Gasteiger partial charge in [-0.05, 0) is 73.9 Å². The van der Waals surface area contributed by atoms with Gasteiger partial charge in [-0.2, -0.15) is 0 Å². The molecule has 28 heavy (non-hydrogen) atoms. The van der Waals surface area contributed by atoms with E-state index in [1.807, 2.05) is 43.4 Å². The van der Waals surface area contributed by atoms with Crippen LogP contribution in [0.5, 0.6) is 0 Å². The summed E-state index contributed by atoms with van der Waals surface area (Å²) in [6.45, 7) is 0.863. The Balaban J connectivity index is 1.40. The Morgan fingerprint density at radius 1 is 1.14 bits per heavy atom. The fraction of sp³-hybridized carbons (Fsp3) is 0.375. The van der Waals surface area contributed by atoms with Crippen molar-refractivity contribution in [2.24, 2.45) is 0 Å². The molecule has 1 unspecified atom stereocenters. The Labute approximate surface area is 165 Å². The van der Waals surface area contributed by atoms with Gasteiger partial charge < -0.3 is 14.6 Å². The lowest BCUT2D eigenvalue weighted by Crippen LogP contribution is -2.44. The Kier molecular flexibility index (Phi) is 4.24. The predicted molar refractivity (Wildman–Crippen MR) is 112 cm³/mol. The summed E-state index contributed by atoms with van der Waals surface area (Å²) in [5, 5.41) is 1.11. The van der Waals surface area contributed by atoms with Crippen LogP contribution in [0.4, 0.5) is 5.69 Å². The third kappa shape index (κ3) is 3.02. The van der Waals surface area contributed by atoms with Crippen LogP contribution in [-0.2, 0) is 4.74 Å². The van der Waals surface area contributed by atoms with E-state index in [9.17, 15) is 4.79 Å². The van der Waals surface area contributed by atoms with Crippen molar-refractivity contribution in [1.29, 1.82) is 0 Å². The number of hydrogen-bond acceptors (Lipinski definition) is 2. The van der Waals surface area contributed by atoms with Gasteiger partial charge >= 0.3 is 0 Å². The van der Waals surface area contributed by atoms with E-state index in [4.69, 9.17) is 4.74 Å². The first-order valence-electron chi connectivity index (χ1n) is 10.2. The number of nitrogens with one attached hydrogen (secondary N) is 1. The lowest BCUT2D eigenvalue weighted by Gasteiger charge is -2.47. The highest BCUT2D eigenvalue weighted by Crippen LogP contribution is 2.47. The zero-order chi connectivity index (χ0) is 19.1. The number of aromatic amines is 1. The Bertz CT molecular complexity index is 1000. The lowest BCUT2D eigenvalue weighted by atomic mass is 9.70. The smallest absolute Gasteiger partial charge is 0.274 e. The van der Waals surface area contributed by atoms with Gasteiger partial charge in [0.15, 0.2) is 0 Å². The molecule has 1 saturated heterocycles. The first-order valence-corrected chi connectivity index (χ1v) is 10.2. The van der Waals surface area contributed by atoms with Crippen LogP contribution >= 0.6 is 0 Å². The van der Waals surface area contributed by atoms with Crippen LogP contribution in [0.2, 0.25) is 0 Å². The first-order chi connectivity index (χ1) is 13.6. The van der Waals surface area contributed by atoms with Crippen molar-refractivity contribution >= 4 is 22.5 Å². The van der Waals surface area contributed by atoms with E-state index in [0.717, 1.165) is 36.0 Å². The molecule has 0 radical (unpaired) electrons. The van der Waals surface area contributed by atoms with Crippen molar-refractivity contribution in [3.63, 3.8) is 0 Å². The highest BCUT2D eigenvalue weighted by molar-refractivity contribution is 6.07. The van der Waals surface area contributed by atoms with Crippen molar-refractivity contribution in [3.8, 4) is 0 Å². The molecule has 2 aromatic carbocycles. The Morgan fingerprint density at radius 3 is 2.71 bits per heavy atom. The average molecular weight is 374 g/mol. The minimum atomic E-state index is -0.0246. The number of anilines is 1. The summed E-state index contributed by atoms with van der Waals surface area (Å²) < 4.78 is 6.09. The van der Waals surface area contributed by atoms with Gasteiger partial charge in [0.1, 0.15) is 5.69 Å². The molecule has 0 bridgehead atoms.